The number of carbonyl (C=O) groups is 14. The molecule has 2 aromatic rings. The fraction of sp³-hybridized carbons (Fsp3) is 0.412. The normalized spacial score (nSPS) is 13.4. The minimum atomic E-state index is -1.38. The van der Waals surface area contributed by atoms with Gasteiger partial charge in [0.1, 0.15) is 24.8 Å². The van der Waals surface area contributed by atoms with Crippen LogP contribution >= 0.6 is 0 Å². The fourth-order valence-electron chi connectivity index (χ4n) is 7.18. The Kier molecular flexibility index (Phi) is 25.1. The van der Waals surface area contributed by atoms with Gasteiger partial charge in [-0.15, -0.1) is 0 Å². The highest BCUT2D eigenvalue weighted by atomic mass is 16.5. The van der Waals surface area contributed by atoms with Crippen molar-refractivity contribution in [3.63, 3.8) is 0 Å². The molecule has 26 nitrogen and oxygen atoms in total. The number of urea groups is 2. The Balaban J connectivity index is 1.32. The molecule has 2 atom stereocenters. The molecule has 0 bridgehead atoms. The lowest BCUT2D eigenvalue weighted by atomic mass is 9.93. The van der Waals surface area contributed by atoms with Crippen molar-refractivity contribution in [2.45, 2.75) is 72.0 Å². The van der Waals surface area contributed by atoms with E-state index in [-0.39, 0.29) is 96.5 Å². The summed E-state index contributed by atoms with van der Waals surface area (Å²) in [5.74, 6) is -10.2. The molecule has 0 saturated carbocycles. The molecule has 0 radical (unpaired) electrons. The molecular weight excluding hydrogens is 1010 g/mol. The molecule has 26 heteroatoms. The minimum Gasteiger partial charge on any atom is -0.461 e. The van der Waals surface area contributed by atoms with Crippen molar-refractivity contribution >= 4 is 94.2 Å². The van der Waals surface area contributed by atoms with Crippen LogP contribution in [-0.4, -0.2) is 145 Å². The molecule has 412 valence electrons. The third-order valence-corrected chi connectivity index (χ3v) is 11.1. The van der Waals surface area contributed by atoms with Gasteiger partial charge in [0.05, 0.1) is 51.4 Å². The van der Waals surface area contributed by atoms with E-state index in [1.54, 1.807) is 24.3 Å². The number of Topliss-reactive ketones (excluding diaryl/α,β-unsaturated/α-hetero) is 2. The van der Waals surface area contributed by atoms with Crippen LogP contribution in [0.15, 0.2) is 72.8 Å². The quantitative estimate of drug-likeness (QED) is 0.0338. The number of esters is 2. The van der Waals surface area contributed by atoms with Gasteiger partial charge in [0.25, 0.3) is 23.6 Å². The van der Waals surface area contributed by atoms with Crippen LogP contribution in [0, 0.1) is 11.8 Å². The summed E-state index contributed by atoms with van der Waals surface area (Å²) in [6, 6.07) is 10.3. The third kappa shape index (κ3) is 23.1. The van der Waals surface area contributed by atoms with Crippen LogP contribution in [0.5, 0.6) is 0 Å². The Morgan fingerprint density at radius 1 is 0.481 bits per heavy atom. The molecule has 6 N–H and O–H groups in total. The first-order chi connectivity index (χ1) is 36.8. The number of hydrogen-bond donors (Lipinski definition) is 6. The summed E-state index contributed by atoms with van der Waals surface area (Å²) in [6.45, 7) is 2.19. The van der Waals surface area contributed by atoms with E-state index in [0.717, 1.165) is 34.1 Å². The number of ketones is 2. The number of imide groups is 4. The van der Waals surface area contributed by atoms with Gasteiger partial charge in [-0.3, -0.25) is 78.0 Å². The maximum Gasteiger partial charge on any atom is 0.325 e. The van der Waals surface area contributed by atoms with E-state index in [9.17, 15) is 67.1 Å². The summed E-state index contributed by atoms with van der Waals surface area (Å²) in [5, 5.41) is 14.3. The van der Waals surface area contributed by atoms with Crippen LogP contribution in [-0.2, 0) is 89.7 Å². The number of benzene rings is 2. The fourth-order valence-corrected chi connectivity index (χ4v) is 7.18. The van der Waals surface area contributed by atoms with E-state index < -0.39 is 120 Å². The van der Waals surface area contributed by atoms with Gasteiger partial charge in [-0.1, -0.05) is 24.3 Å². The van der Waals surface area contributed by atoms with Gasteiger partial charge in [-0.05, 0) is 41.8 Å². The molecule has 2 aromatic carbocycles. The second-order valence-electron chi connectivity index (χ2n) is 17.2. The Morgan fingerprint density at radius 2 is 0.831 bits per heavy atom. The summed E-state index contributed by atoms with van der Waals surface area (Å²) in [6.07, 6.45) is 1.64. The zero-order valence-electron chi connectivity index (χ0n) is 42.3. The highest BCUT2D eigenvalue weighted by molar-refractivity contribution is 6.13. The predicted octanol–water partition coefficient (Wildman–Crippen LogP) is 1.03. The van der Waals surface area contributed by atoms with Crippen molar-refractivity contribution in [1.29, 1.82) is 0 Å². The molecule has 0 fully saturated rings. The van der Waals surface area contributed by atoms with Crippen molar-refractivity contribution in [3.8, 4) is 0 Å². The molecule has 2 aliphatic rings. The number of rotatable bonds is 32. The van der Waals surface area contributed by atoms with Crippen molar-refractivity contribution in [1.82, 2.24) is 31.1 Å². The lowest BCUT2D eigenvalue weighted by Crippen LogP contribution is -2.41. The van der Waals surface area contributed by atoms with Crippen LogP contribution in [0.2, 0.25) is 0 Å². The van der Waals surface area contributed by atoms with E-state index in [2.05, 4.69) is 31.9 Å². The molecule has 12 amide bonds. The van der Waals surface area contributed by atoms with E-state index in [1.165, 1.54) is 38.1 Å². The van der Waals surface area contributed by atoms with Crippen molar-refractivity contribution in [2.75, 3.05) is 63.2 Å². The first kappa shape index (κ1) is 60.8. The maximum absolute atomic E-state index is 13.4. The smallest absolute Gasteiger partial charge is 0.325 e. The molecule has 0 spiro atoms. The molecule has 4 rings (SSSR count). The van der Waals surface area contributed by atoms with E-state index in [1.807, 2.05) is 0 Å². The summed E-state index contributed by atoms with van der Waals surface area (Å²) in [7, 11) is 0. The summed E-state index contributed by atoms with van der Waals surface area (Å²) >= 11 is 0. The zero-order valence-corrected chi connectivity index (χ0v) is 42.3. The van der Waals surface area contributed by atoms with Gasteiger partial charge in [0.15, 0.2) is 0 Å². The van der Waals surface area contributed by atoms with Crippen molar-refractivity contribution < 1.29 is 86.1 Å². The first-order valence-corrected chi connectivity index (χ1v) is 24.2. The molecular formula is C51H60N8O18. The average Bonchev–Trinajstić information content (AvgIpc) is 3.88. The standard InChI is InChI=1S/C51H60N8O18/c1-32(60)76-30-34-6-10-38(11-7-34)54-50(72)56-48(70)36(28-42(64)52-18-22-74-24-20-58-44(66)14-15-45(58)67)26-40(62)4-3-5-41(63)27-37(29-43(65)53-19-23-75-25-21-59-46(68)16-17-47(59)69)49(71)57-51(73)55-39-12-8-35(9-13-39)31-77-33(2)61/h6-17,36-37H,3-5,18-31H2,1-2H3,(H,52,64)(H,53,65)(H2,54,56,70,72)(H2,55,57,71,73). The molecule has 2 aliphatic heterocycles. The number of carbonyl (C=O) groups excluding carboxylic acids is 14. The van der Waals surface area contributed by atoms with Crippen LogP contribution in [0.4, 0.5) is 21.0 Å². The lowest BCUT2D eigenvalue weighted by Gasteiger charge is -2.17. The van der Waals surface area contributed by atoms with Gasteiger partial charge < -0.3 is 40.2 Å². The Morgan fingerprint density at radius 3 is 1.17 bits per heavy atom. The Labute approximate surface area is 441 Å². The number of amides is 12. The topological polar surface area (TPSA) is 355 Å². The van der Waals surface area contributed by atoms with Gasteiger partial charge in [-0.25, -0.2) is 9.59 Å². The number of anilines is 2. The second kappa shape index (κ2) is 31.8. The summed E-state index contributed by atoms with van der Waals surface area (Å²) < 4.78 is 20.7. The largest absolute Gasteiger partial charge is 0.461 e. The van der Waals surface area contributed by atoms with E-state index in [4.69, 9.17) is 18.9 Å². The number of nitrogens with zero attached hydrogens (tertiary/aromatic N) is 2. The van der Waals surface area contributed by atoms with Crippen LogP contribution in [0.25, 0.3) is 0 Å². The average molecular weight is 1070 g/mol. The van der Waals surface area contributed by atoms with Crippen LogP contribution < -0.4 is 31.9 Å². The highest BCUT2D eigenvalue weighted by Gasteiger charge is 2.29. The number of ether oxygens (including phenoxy) is 4. The summed E-state index contributed by atoms with van der Waals surface area (Å²) in [4.78, 5) is 177. The number of nitrogens with one attached hydrogen (secondary N) is 6. The van der Waals surface area contributed by atoms with E-state index >= 15 is 0 Å². The van der Waals surface area contributed by atoms with Crippen molar-refractivity contribution in [2.24, 2.45) is 11.8 Å². The highest BCUT2D eigenvalue weighted by Crippen LogP contribution is 2.18. The van der Waals surface area contributed by atoms with Crippen molar-refractivity contribution in [3.05, 3.63) is 84.0 Å². The Bertz CT molecular complexity index is 2390. The Hall–Kier alpha value is -8.78. The zero-order chi connectivity index (χ0) is 56.3. The second-order valence-corrected chi connectivity index (χ2v) is 17.2. The maximum atomic E-state index is 13.4. The minimum absolute atomic E-state index is 0.0112. The molecule has 2 unspecified atom stereocenters. The molecule has 0 saturated heterocycles. The number of hydrogen-bond acceptors (Lipinski definition) is 18. The molecule has 77 heavy (non-hydrogen) atoms. The molecule has 0 aromatic heterocycles. The predicted molar refractivity (Wildman–Crippen MR) is 267 cm³/mol. The van der Waals surface area contributed by atoms with E-state index in [0.29, 0.717) is 11.1 Å². The van der Waals surface area contributed by atoms with Gasteiger partial charge in [0.2, 0.25) is 23.6 Å². The third-order valence-electron chi connectivity index (χ3n) is 11.1. The molecule has 0 aliphatic carbocycles. The first-order valence-electron chi connectivity index (χ1n) is 24.2. The van der Waals surface area contributed by atoms with Gasteiger partial charge in [-0.2, -0.15) is 0 Å². The SMILES string of the molecule is CC(=O)OCc1ccc(NC(=O)NC(=O)C(CC(=O)CCCC(=O)CC(CC(=O)NCCOCCN2C(=O)C=CC2=O)C(=O)NC(=O)Nc2ccc(COC(C)=O)cc2)CC(=O)NCCOCCN2C(=O)C=CC2=O)cc1. The van der Waals surface area contributed by atoms with Gasteiger partial charge >= 0.3 is 24.0 Å². The monoisotopic (exact) mass is 1070 g/mol. The van der Waals surface area contributed by atoms with Crippen LogP contribution in [0.3, 0.4) is 0 Å². The molecule has 2 heterocycles. The van der Waals surface area contributed by atoms with Crippen LogP contribution in [0.1, 0.15) is 69.9 Å². The van der Waals surface area contributed by atoms with Gasteiger partial charge in [0, 0.05) is 101 Å². The lowest BCUT2D eigenvalue weighted by molar-refractivity contribution is -0.143. The summed E-state index contributed by atoms with van der Waals surface area (Å²) in [5.41, 5.74) is 1.74.